The SMILES string of the molecule is CCC=C(C)COP(=O)(O)O. The molecule has 0 heterocycles. The summed E-state index contributed by atoms with van der Waals surface area (Å²) in [5, 5.41) is 0. The second kappa shape index (κ2) is 4.67. The molecule has 11 heavy (non-hydrogen) atoms. The van der Waals surface area contributed by atoms with Crippen LogP contribution in [-0.2, 0) is 9.09 Å². The summed E-state index contributed by atoms with van der Waals surface area (Å²) in [6.45, 7) is 3.71. The Bertz CT molecular complexity index is 181. The molecular formula is C6H13O4P. The first-order valence-corrected chi connectivity index (χ1v) is 4.84. The van der Waals surface area contributed by atoms with Gasteiger partial charge in [-0.25, -0.2) is 4.57 Å². The van der Waals surface area contributed by atoms with Gasteiger partial charge in [0.15, 0.2) is 0 Å². The van der Waals surface area contributed by atoms with Gasteiger partial charge in [0.1, 0.15) is 0 Å². The monoisotopic (exact) mass is 180 g/mol. The Balaban J connectivity index is 3.72. The first kappa shape index (κ1) is 10.8. The molecule has 66 valence electrons. The van der Waals surface area contributed by atoms with Crippen LogP contribution in [0.4, 0.5) is 0 Å². The molecule has 5 heteroatoms. The van der Waals surface area contributed by atoms with E-state index in [0.717, 1.165) is 12.0 Å². The number of rotatable bonds is 4. The second-order valence-corrected chi connectivity index (χ2v) is 3.46. The second-order valence-electron chi connectivity index (χ2n) is 2.22. The highest BCUT2D eigenvalue weighted by atomic mass is 31.2. The third-order valence-electron chi connectivity index (χ3n) is 1.01. The van der Waals surface area contributed by atoms with E-state index in [1.165, 1.54) is 0 Å². The summed E-state index contributed by atoms with van der Waals surface area (Å²) in [6, 6.07) is 0. The van der Waals surface area contributed by atoms with Gasteiger partial charge in [-0.15, -0.1) is 0 Å². The molecule has 0 saturated carbocycles. The zero-order valence-corrected chi connectivity index (χ0v) is 7.54. The van der Waals surface area contributed by atoms with Crippen molar-refractivity contribution in [2.75, 3.05) is 6.61 Å². The predicted molar refractivity (Wildman–Crippen MR) is 42.0 cm³/mol. The molecule has 0 atom stereocenters. The van der Waals surface area contributed by atoms with E-state index in [-0.39, 0.29) is 6.61 Å². The van der Waals surface area contributed by atoms with Gasteiger partial charge in [0.2, 0.25) is 0 Å². The zero-order valence-electron chi connectivity index (χ0n) is 6.65. The highest BCUT2D eigenvalue weighted by Crippen LogP contribution is 2.36. The van der Waals surface area contributed by atoms with E-state index in [1.54, 1.807) is 6.92 Å². The van der Waals surface area contributed by atoms with Crippen molar-refractivity contribution in [2.45, 2.75) is 20.3 Å². The molecule has 0 fully saturated rings. The van der Waals surface area contributed by atoms with Gasteiger partial charge in [-0.1, -0.05) is 18.6 Å². The number of allylic oxidation sites excluding steroid dienone is 1. The van der Waals surface area contributed by atoms with Crippen LogP contribution in [0.25, 0.3) is 0 Å². The van der Waals surface area contributed by atoms with Crippen molar-refractivity contribution in [1.82, 2.24) is 0 Å². The summed E-state index contributed by atoms with van der Waals surface area (Å²) < 4.78 is 14.4. The molecule has 0 aromatic heterocycles. The topological polar surface area (TPSA) is 66.8 Å². The quantitative estimate of drug-likeness (QED) is 0.507. The zero-order chi connectivity index (χ0) is 8.91. The van der Waals surface area contributed by atoms with Crippen LogP contribution in [0, 0.1) is 0 Å². The molecule has 0 radical (unpaired) electrons. The average molecular weight is 180 g/mol. The van der Waals surface area contributed by atoms with Gasteiger partial charge in [0.05, 0.1) is 6.61 Å². The van der Waals surface area contributed by atoms with E-state index in [0.29, 0.717) is 0 Å². The molecular weight excluding hydrogens is 167 g/mol. The smallest absolute Gasteiger partial charge is 0.303 e. The first-order chi connectivity index (χ1) is 4.95. The number of phosphoric ester groups is 1. The summed E-state index contributed by atoms with van der Waals surface area (Å²) in [5.41, 5.74) is 0.829. The average Bonchev–Trinajstić information content (AvgIpc) is 1.83. The molecule has 0 unspecified atom stereocenters. The molecule has 0 aromatic rings. The van der Waals surface area contributed by atoms with E-state index in [9.17, 15) is 4.57 Å². The molecule has 0 saturated heterocycles. The molecule has 4 nitrogen and oxygen atoms in total. The Labute approximate surface area is 66.1 Å². The van der Waals surface area contributed by atoms with Gasteiger partial charge in [0.25, 0.3) is 0 Å². The fourth-order valence-corrected chi connectivity index (χ4v) is 0.965. The van der Waals surface area contributed by atoms with Crippen molar-refractivity contribution in [1.29, 1.82) is 0 Å². The van der Waals surface area contributed by atoms with Crippen LogP contribution in [-0.4, -0.2) is 16.4 Å². The largest absolute Gasteiger partial charge is 0.469 e. The minimum absolute atomic E-state index is 0.00187. The fourth-order valence-electron chi connectivity index (χ4n) is 0.593. The lowest BCUT2D eigenvalue weighted by Crippen LogP contribution is -1.92. The lowest BCUT2D eigenvalue weighted by Gasteiger charge is -2.04. The van der Waals surface area contributed by atoms with Gasteiger partial charge in [-0.3, -0.25) is 4.52 Å². The lowest BCUT2D eigenvalue weighted by molar-refractivity contribution is 0.211. The molecule has 0 aromatic carbocycles. The maximum atomic E-state index is 10.2. The van der Waals surface area contributed by atoms with Crippen molar-refractivity contribution >= 4 is 7.82 Å². The lowest BCUT2D eigenvalue weighted by atomic mass is 10.3. The molecule has 0 amide bonds. The molecule has 2 N–H and O–H groups in total. The third-order valence-corrected chi connectivity index (χ3v) is 1.48. The summed E-state index contributed by atoms with van der Waals surface area (Å²) in [5.74, 6) is 0. The van der Waals surface area contributed by atoms with Gasteiger partial charge >= 0.3 is 7.82 Å². The van der Waals surface area contributed by atoms with Crippen molar-refractivity contribution in [3.05, 3.63) is 11.6 Å². The summed E-state index contributed by atoms with van der Waals surface area (Å²) >= 11 is 0. The molecule has 0 rings (SSSR count). The normalized spacial score (nSPS) is 13.6. The number of hydrogen-bond donors (Lipinski definition) is 2. The first-order valence-electron chi connectivity index (χ1n) is 3.31. The number of hydrogen-bond acceptors (Lipinski definition) is 2. The van der Waals surface area contributed by atoms with E-state index < -0.39 is 7.82 Å². The van der Waals surface area contributed by atoms with E-state index >= 15 is 0 Å². The van der Waals surface area contributed by atoms with Gasteiger partial charge < -0.3 is 9.79 Å². The third kappa shape index (κ3) is 7.75. The fraction of sp³-hybridized carbons (Fsp3) is 0.667. The van der Waals surface area contributed by atoms with Crippen LogP contribution in [0.1, 0.15) is 20.3 Å². The molecule has 0 aliphatic rings. The van der Waals surface area contributed by atoms with Crippen LogP contribution in [0.15, 0.2) is 11.6 Å². The Kier molecular flexibility index (Phi) is 4.61. The van der Waals surface area contributed by atoms with Crippen LogP contribution >= 0.6 is 7.82 Å². The van der Waals surface area contributed by atoms with E-state index in [1.807, 2.05) is 13.0 Å². The Hall–Kier alpha value is -0.150. The molecule has 0 aliphatic heterocycles. The highest BCUT2D eigenvalue weighted by molar-refractivity contribution is 7.46. The summed E-state index contributed by atoms with van der Waals surface area (Å²) in [6.07, 6.45) is 2.70. The van der Waals surface area contributed by atoms with Crippen LogP contribution < -0.4 is 0 Å². The van der Waals surface area contributed by atoms with Crippen LogP contribution in [0.5, 0.6) is 0 Å². The van der Waals surface area contributed by atoms with Crippen LogP contribution in [0.3, 0.4) is 0 Å². The van der Waals surface area contributed by atoms with Crippen molar-refractivity contribution < 1.29 is 18.9 Å². The Morgan fingerprint density at radius 2 is 2.18 bits per heavy atom. The maximum absolute atomic E-state index is 10.2. The minimum atomic E-state index is -4.28. The molecule has 0 aliphatic carbocycles. The minimum Gasteiger partial charge on any atom is -0.303 e. The Morgan fingerprint density at radius 1 is 1.64 bits per heavy atom. The van der Waals surface area contributed by atoms with E-state index in [2.05, 4.69) is 4.52 Å². The van der Waals surface area contributed by atoms with Gasteiger partial charge in [0, 0.05) is 0 Å². The van der Waals surface area contributed by atoms with Crippen molar-refractivity contribution in [3.8, 4) is 0 Å². The van der Waals surface area contributed by atoms with E-state index in [4.69, 9.17) is 9.79 Å². The molecule has 0 spiro atoms. The summed E-state index contributed by atoms with van der Waals surface area (Å²) in [4.78, 5) is 16.6. The van der Waals surface area contributed by atoms with Crippen molar-refractivity contribution in [2.24, 2.45) is 0 Å². The van der Waals surface area contributed by atoms with Crippen molar-refractivity contribution in [3.63, 3.8) is 0 Å². The summed E-state index contributed by atoms with van der Waals surface area (Å²) in [7, 11) is -4.28. The molecule has 0 bridgehead atoms. The standard InChI is InChI=1S/C6H13O4P/c1-3-4-6(2)5-10-11(7,8)9/h4H,3,5H2,1-2H3,(H2,7,8,9). The van der Waals surface area contributed by atoms with Crippen LogP contribution in [0.2, 0.25) is 0 Å². The number of phosphoric acid groups is 1. The highest BCUT2D eigenvalue weighted by Gasteiger charge is 2.12. The van der Waals surface area contributed by atoms with Gasteiger partial charge in [-0.2, -0.15) is 0 Å². The van der Waals surface area contributed by atoms with Gasteiger partial charge in [-0.05, 0) is 13.3 Å². The Morgan fingerprint density at radius 3 is 2.55 bits per heavy atom. The maximum Gasteiger partial charge on any atom is 0.469 e. The predicted octanol–water partition coefficient (Wildman–Crippen LogP) is 1.45.